The van der Waals surface area contributed by atoms with Crippen molar-refractivity contribution in [2.75, 3.05) is 13.9 Å². The van der Waals surface area contributed by atoms with Crippen molar-refractivity contribution in [2.45, 2.75) is 31.6 Å². The van der Waals surface area contributed by atoms with Crippen molar-refractivity contribution in [1.29, 1.82) is 0 Å². The lowest BCUT2D eigenvalue weighted by Gasteiger charge is -2.36. The Morgan fingerprint density at radius 1 is 1.17 bits per heavy atom. The lowest BCUT2D eigenvalue weighted by Crippen LogP contribution is -2.37. The van der Waals surface area contributed by atoms with Crippen LogP contribution in [0.4, 0.5) is 0 Å². The molecule has 3 aliphatic rings. The van der Waals surface area contributed by atoms with Gasteiger partial charge < -0.3 is 18.6 Å². The second kappa shape index (κ2) is 7.16. The first-order valence-electron chi connectivity index (χ1n) is 9.89. The van der Waals surface area contributed by atoms with E-state index >= 15 is 0 Å². The lowest BCUT2D eigenvalue weighted by molar-refractivity contribution is -0.143. The predicted octanol–water partition coefficient (Wildman–Crippen LogP) is 3.76. The first-order valence-corrected chi connectivity index (χ1v) is 9.89. The highest BCUT2D eigenvalue weighted by molar-refractivity contribution is 6.09. The van der Waals surface area contributed by atoms with Crippen LogP contribution in [-0.4, -0.2) is 31.4 Å². The number of esters is 1. The number of methoxy groups -OCH3 is 1. The minimum Gasteiger partial charge on any atom is -0.469 e. The van der Waals surface area contributed by atoms with Gasteiger partial charge in [0.05, 0.1) is 13.4 Å². The van der Waals surface area contributed by atoms with Gasteiger partial charge in [0, 0.05) is 41.7 Å². The number of aliphatic imine (C=N–C) groups is 1. The van der Waals surface area contributed by atoms with Gasteiger partial charge in [-0.05, 0) is 36.8 Å². The van der Waals surface area contributed by atoms with Crippen molar-refractivity contribution in [1.82, 2.24) is 0 Å². The number of rotatable bonds is 3. The molecule has 30 heavy (non-hydrogen) atoms. The topological polar surface area (TPSA) is 87.3 Å². The van der Waals surface area contributed by atoms with Crippen LogP contribution in [0.2, 0.25) is 0 Å². The molecule has 5 rings (SSSR count). The number of Topliss-reactive ketones (excluding diaryl/α,β-unsaturated/α-hetero) is 1. The summed E-state index contributed by atoms with van der Waals surface area (Å²) >= 11 is 0. The molecule has 0 bridgehead atoms. The van der Waals surface area contributed by atoms with Crippen LogP contribution < -0.4 is 9.47 Å². The van der Waals surface area contributed by atoms with Crippen LogP contribution in [0.3, 0.4) is 0 Å². The zero-order valence-electron chi connectivity index (χ0n) is 16.7. The molecule has 0 saturated carbocycles. The van der Waals surface area contributed by atoms with Crippen LogP contribution in [0.1, 0.15) is 42.9 Å². The zero-order valence-corrected chi connectivity index (χ0v) is 16.7. The molecule has 0 saturated heterocycles. The summed E-state index contributed by atoms with van der Waals surface area (Å²) in [4.78, 5) is 30.7. The molecular weight excluding hydrogens is 386 g/mol. The number of allylic oxidation sites excluding steroid dienone is 2. The van der Waals surface area contributed by atoms with E-state index in [4.69, 9.17) is 23.6 Å². The molecule has 0 N–H and O–H groups in total. The van der Waals surface area contributed by atoms with E-state index in [1.165, 1.54) is 7.11 Å². The maximum Gasteiger partial charge on any atom is 0.315 e. The highest BCUT2D eigenvalue weighted by atomic mass is 16.7. The SMILES string of the molecule is COC(=O)C1C(C)=NC2=C(C(=O)C[C@H](c3ccco3)C2)[C@H]1c1ccc2c(c1)OCO2. The summed E-state index contributed by atoms with van der Waals surface area (Å²) in [5.74, 6) is 0.388. The summed E-state index contributed by atoms with van der Waals surface area (Å²) in [6, 6.07) is 9.24. The fraction of sp³-hybridized carbons (Fsp3) is 0.348. The smallest absolute Gasteiger partial charge is 0.315 e. The molecule has 1 aromatic carbocycles. The van der Waals surface area contributed by atoms with Crippen molar-refractivity contribution >= 4 is 17.5 Å². The van der Waals surface area contributed by atoms with E-state index in [-0.39, 0.29) is 18.5 Å². The second-order valence-electron chi connectivity index (χ2n) is 7.75. The molecule has 154 valence electrons. The molecule has 2 aromatic rings. The van der Waals surface area contributed by atoms with Gasteiger partial charge in [-0.1, -0.05) is 6.07 Å². The lowest BCUT2D eigenvalue weighted by atomic mass is 9.70. The number of ketones is 1. The van der Waals surface area contributed by atoms with E-state index in [0.717, 1.165) is 11.3 Å². The summed E-state index contributed by atoms with van der Waals surface area (Å²) in [5.41, 5.74) is 2.74. The fourth-order valence-electron chi connectivity index (χ4n) is 4.68. The van der Waals surface area contributed by atoms with Crippen LogP contribution in [0.25, 0.3) is 0 Å². The summed E-state index contributed by atoms with van der Waals surface area (Å²) in [6.45, 7) is 1.97. The molecule has 1 aliphatic carbocycles. The largest absolute Gasteiger partial charge is 0.469 e. The molecule has 7 nitrogen and oxygen atoms in total. The Bertz CT molecular complexity index is 1080. The van der Waals surface area contributed by atoms with Crippen LogP contribution in [0.15, 0.2) is 57.3 Å². The summed E-state index contributed by atoms with van der Waals surface area (Å²) in [5, 5.41) is 0. The highest BCUT2D eigenvalue weighted by Crippen LogP contribution is 2.48. The summed E-state index contributed by atoms with van der Waals surface area (Å²) < 4.78 is 21.6. The molecule has 1 aromatic heterocycles. The van der Waals surface area contributed by atoms with Gasteiger partial charge in [-0.3, -0.25) is 14.6 Å². The van der Waals surface area contributed by atoms with Crippen molar-refractivity contribution in [3.63, 3.8) is 0 Å². The first-order chi connectivity index (χ1) is 14.6. The molecule has 0 spiro atoms. The van der Waals surface area contributed by atoms with Gasteiger partial charge in [-0.25, -0.2) is 0 Å². The molecule has 1 unspecified atom stereocenters. The minimum absolute atomic E-state index is 0.0227. The maximum atomic E-state index is 13.3. The first kappa shape index (κ1) is 18.7. The Balaban J connectivity index is 1.62. The van der Waals surface area contributed by atoms with Gasteiger partial charge in [0.1, 0.15) is 11.7 Å². The number of hydrogen-bond donors (Lipinski definition) is 0. The Hall–Kier alpha value is -3.35. The van der Waals surface area contributed by atoms with Crippen LogP contribution in [-0.2, 0) is 14.3 Å². The normalized spacial score (nSPS) is 25.1. The molecule has 2 aliphatic heterocycles. The van der Waals surface area contributed by atoms with E-state index < -0.39 is 17.8 Å². The minimum atomic E-state index is -0.668. The number of furan rings is 1. The van der Waals surface area contributed by atoms with E-state index in [1.54, 1.807) is 6.26 Å². The van der Waals surface area contributed by atoms with E-state index in [9.17, 15) is 9.59 Å². The molecule has 0 radical (unpaired) electrons. The average molecular weight is 407 g/mol. The van der Waals surface area contributed by atoms with Gasteiger partial charge in [0.2, 0.25) is 6.79 Å². The highest BCUT2D eigenvalue weighted by Gasteiger charge is 2.45. The average Bonchev–Trinajstić information content (AvgIpc) is 3.43. The van der Waals surface area contributed by atoms with E-state index in [2.05, 4.69) is 0 Å². The molecule has 0 amide bonds. The van der Waals surface area contributed by atoms with E-state index in [0.29, 0.717) is 41.3 Å². The zero-order chi connectivity index (χ0) is 20.8. The Morgan fingerprint density at radius 2 is 2.00 bits per heavy atom. The number of nitrogens with zero attached hydrogens (tertiary/aromatic N) is 1. The number of benzene rings is 1. The van der Waals surface area contributed by atoms with Crippen LogP contribution in [0.5, 0.6) is 11.5 Å². The van der Waals surface area contributed by atoms with Gasteiger partial charge >= 0.3 is 5.97 Å². The number of hydrogen-bond acceptors (Lipinski definition) is 7. The standard InChI is InChI=1S/C23H21NO6/c1-12-20(23(26)27-2)21(13-5-6-18-19(10-13)30-11-29-18)22-15(24-12)8-14(9-16(22)25)17-4-3-7-28-17/h3-7,10,14,20-21H,8-9,11H2,1-2H3/t14-,20?,21+/m1/s1. The Labute approximate surface area is 173 Å². The van der Waals surface area contributed by atoms with Crippen molar-refractivity contribution in [3.8, 4) is 11.5 Å². The maximum absolute atomic E-state index is 13.3. The molecule has 7 heteroatoms. The number of fused-ring (bicyclic) bond motifs is 1. The van der Waals surface area contributed by atoms with Gasteiger partial charge in [-0.15, -0.1) is 0 Å². The Kier molecular flexibility index (Phi) is 4.46. The predicted molar refractivity (Wildman–Crippen MR) is 107 cm³/mol. The number of carbonyl (C=O) groups is 2. The molecule has 3 atom stereocenters. The van der Waals surface area contributed by atoms with Gasteiger partial charge in [0.25, 0.3) is 0 Å². The molecule has 0 fully saturated rings. The van der Waals surface area contributed by atoms with E-state index in [1.807, 2.05) is 37.3 Å². The van der Waals surface area contributed by atoms with Crippen LogP contribution >= 0.6 is 0 Å². The van der Waals surface area contributed by atoms with Crippen molar-refractivity contribution in [3.05, 3.63) is 59.2 Å². The third kappa shape index (κ3) is 2.93. The fourth-order valence-corrected chi connectivity index (χ4v) is 4.68. The molecule has 3 heterocycles. The Morgan fingerprint density at radius 3 is 2.77 bits per heavy atom. The number of ether oxygens (including phenoxy) is 3. The quantitative estimate of drug-likeness (QED) is 0.720. The third-order valence-corrected chi connectivity index (χ3v) is 6.05. The second-order valence-corrected chi connectivity index (χ2v) is 7.75. The third-order valence-electron chi connectivity index (χ3n) is 6.05. The van der Waals surface area contributed by atoms with Crippen molar-refractivity contribution < 1.29 is 28.2 Å². The number of carbonyl (C=O) groups excluding carboxylic acids is 2. The monoisotopic (exact) mass is 407 g/mol. The van der Waals surface area contributed by atoms with Crippen molar-refractivity contribution in [2.24, 2.45) is 10.9 Å². The van der Waals surface area contributed by atoms with Crippen LogP contribution in [0, 0.1) is 5.92 Å². The molecular formula is C23H21NO6. The van der Waals surface area contributed by atoms with Gasteiger partial charge in [-0.2, -0.15) is 0 Å². The summed E-state index contributed by atoms with van der Waals surface area (Å²) in [7, 11) is 1.35. The van der Waals surface area contributed by atoms with Gasteiger partial charge in [0.15, 0.2) is 17.3 Å². The summed E-state index contributed by atoms with van der Waals surface area (Å²) in [6.07, 6.45) is 2.51.